The molecular formula is C27H51N3O16. The van der Waals surface area contributed by atoms with E-state index in [2.05, 4.69) is 16.0 Å². The van der Waals surface area contributed by atoms with Crippen molar-refractivity contribution in [1.82, 2.24) is 16.0 Å². The van der Waals surface area contributed by atoms with Crippen molar-refractivity contribution in [2.24, 2.45) is 0 Å². The molecule has 19 heteroatoms. The fourth-order valence-electron chi connectivity index (χ4n) is 4.63. The van der Waals surface area contributed by atoms with E-state index in [0.29, 0.717) is 0 Å². The molecule has 2 aliphatic rings. The molecule has 0 bridgehead atoms. The first kappa shape index (κ1) is 40.5. The van der Waals surface area contributed by atoms with Crippen LogP contribution >= 0.6 is 0 Å². The summed E-state index contributed by atoms with van der Waals surface area (Å²) >= 11 is 0. The Morgan fingerprint density at radius 1 is 0.652 bits per heavy atom. The summed E-state index contributed by atoms with van der Waals surface area (Å²) in [4.78, 5) is 23.0. The molecule has 0 radical (unpaired) electrons. The molecular weight excluding hydrogens is 622 g/mol. The highest BCUT2D eigenvalue weighted by atomic mass is 16.7. The first-order valence-electron chi connectivity index (χ1n) is 15.1. The second-order valence-corrected chi connectivity index (χ2v) is 10.6. The van der Waals surface area contributed by atoms with Crippen LogP contribution < -0.4 is 16.0 Å². The highest BCUT2D eigenvalue weighted by Gasteiger charge is 2.45. The summed E-state index contributed by atoms with van der Waals surface area (Å²) in [5, 5.41) is 67.3. The molecule has 2 amide bonds. The quantitative estimate of drug-likeness (QED) is 0.0384. The van der Waals surface area contributed by atoms with E-state index in [4.69, 9.17) is 37.9 Å². The second kappa shape index (κ2) is 22.8. The van der Waals surface area contributed by atoms with Crippen LogP contribution in [0, 0.1) is 0 Å². The third kappa shape index (κ3) is 14.6. The van der Waals surface area contributed by atoms with E-state index in [1.54, 1.807) is 0 Å². The Morgan fingerprint density at radius 3 is 1.67 bits per heavy atom. The first-order chi connectivity index (χ1) is 22.1. The fraction of sp³-hybridized carbons (Fsp3) is 0.926. The maximum absolute atomic E-state index is 11.5. The van der Waals surface area contributed by atoms with Gasteiger partial charge in [0.2, 0.25) is 11.8 Å². The lowest BCUT2D eigenvalue weighted by molar-refractivity contribution is -0.272. The minimum absolute atomic E-state index is 0.0134. The van der Waals surface area contributed by atoms with Gasteiger partial charge in [-0.1, -0.05) is 0 Å². The van der Waals surface area contributed by atoms with Crippen molar-refractivity contribution in [3.8, 4) is 0 Å². The lowest BCUT2D eigenvalue weighted by Gasteiger charge is -2.42. The van der Waals surface area contributed by atoms with Gasteiger partial charge in [0.25, 0.3) is 0 Å². The molecule has 0 aliphatic carbocycles. The number of aliphatic hydroxyl groups excluding tert-OH is 6. The van der Waals surface area contributed by atoms with Crippen LogP contribution in [0.25, 0.3) is 0 Å². The third-order valence-corrected chi connectivity index (χ3v) is 6.90. The highest BCUT2D eigenvalue weighted by molar-refractivity contribution is 5.73. The smallest absolute Gasteiger partial charge is 0.217 e. The Hall–Kier alpha value is -1.66. The number of nitrogens with one attached hydrogen (secondary N) is 3. The number of rotatable bonds is 22. The largest absolute Gasteiger partial charge is 0.394 e. The van der Waals surface area contributed by atoms with Crippen molar-refractivity contribution in [2.45, 2.75) is 81.6 Å². The molecule has 2 saturated heterocycles. The number of carbonyl (C=O) groups excluding carboxylic acids is 2. The zero-order chi connectivity index (χ0) is 33.9. The summed E-state index contributed by atoms with van der Waals surface area (Å²) in [6.45, 7) is 3.54. The zero-order valence-electron chi connectivity index (χ0n) is 26.2. The van der Waals surface area contributed by atoms with Crippen molar-refractivity contribution < 1.29 is 78.1 Å². The average molecular weight is 674 g/mol. The van der Waals surface area contributed by atoms with Crippen molar-refractivity contribution >= 4 is 11.8 Å². The van der Waals surface area contributed by atoms with Gasteiger partial charge in [0, 0.05) is 20.3 Å². The Bertz CT molecular complexity index is 847. The highest BCUT2D eigenvalue weighted by Crippen LogP contribution is 2.23. The molecule has 270 valence electrons. The Balaban J connectivity index is 1.46. The van der Waals surface area contributed by atoms with Crippen LogP contribution in [-0.2, 0) is 47.5 Å². The fourth-order valence-corrected chi connectivity index (χ4v) is 4.63. The van der Waals surface area contributed by atoms with Gasteiger partial charge in [0.1, 0.15) is 36.6 Å². The maximum Gasteiger partial charge on any atom is 0.217 e. The van der Waals surface area contributed by atoms with Crippen molar-refractivity contribution in [3.05, 3.63) is 0 Å². The lowest BCUT2D eigenvalue weighted by Crippen LogP contribution is -2.64. The molecule has 46 heavy (non-hydrogen) atoms. The number of amides is 2. The number of carbonyl (C=O) groups is 2. The topological polar surface area (TPSA) is 265 Å². The first-order valence-corrected chi connectivity index (χ1v) is 15.1. The lowest BCUT2D eigenvalue weighted by atomic mass is 9.97. The van der Waals surface area contributed by atoms with E-state index in [0.717, 1.165) is 0 Å². The van der Waals surface area contributed by atoms with E-state index in [1.807, 2.05) is 0 Å². The molecule has 2 fully saturated rings. The second-order valence-electron chi connectivity index (χ2n) is 10.6. The van der Waals surface area contributed by atoms with Crippen LogP contribution in [0.1, 0.15) is 20.3 Å². The molecule has 2 rings (SSSR count). The van der Waals surface area contributed by atoms with E-state index in [9.17, 15) is 40.2 Å². The Labute approximate surface area is 267 Å². The molecule has 0 saturated carbocycles. The van der Waals surface area contributed by atoms with Crippen LogP contribution in [0.2, 0.25) is 0 Å². The molecule has 2 aliphatic heterocycles. The van der Waals surface area contributed by atoms with Gasteiger partial charge in [-0.05, 0) is 0 Å². The minimum Gasteiger partial charge on any atom is -0.394 e. The van der Waals surface area contributed by atoms with E-state index >= 15 is 0 Å². The van der Waals surface area contributed by atoms with Crippen LogP contribution in [0.3, 0.4) is 0 Å². The Morgan fingerprint density at radius 2 is 1.13 bits per heavy atom. The normalized spacial score (nSPS) is 31.7. The van der Waals surface area contributed by atoms with E-state index in [-0.39, 0.29) is 78.6 Å². The maximum atomic E-state index is 11.5. The summed E-state index contributed by atoms with van der Waals surface area (Å²) in [6, 6.07) is -1.74. The summed E-state index contributed by atoms with van der Waals surface area (Å²) in [5.74, 6) is -0.800. The summed E-state index contributed by atoms with van der Waals surface area (Å²) in [7, 11) is 0. The molecule has 2 heterocycles. The summed E-state index contributed by atoms with van der Waals surface area (Å²) in [5.41, 5.74) is 0. The van der Waals surface area contributed by atoms with Gasteiger partial charge < -0.3 is 79.2 Å². The average Bonchev–Trinajstić information content (AvgIpc) is 3.12. The Kier molecular flexibility index (Phi) is 20.1. The van der Waals surface area contributed by atoms with Gasteiger partial charge in [-0.15, -0.1) is 0 Å². The number of hydrogen-bond donors (Lipinski definition) is 9. The van der Waals surface area contributed by atoms with E-state index < -0.39 is 80.4 Å². The minimum atomic E-state index is -1.38. The van der Waals surface area contributed by atoms with Crippen LogP contribution in [0.15, 0.2) is 0 Å². The van der Waals surface area contributed by atoms with Crippen molar-refractivity contribution in [2.75, 3.05) is 79.5 Å². The van der Waals surface area contributed by atoms with Crippen molar-refractivity contribution in [3.63, 3.8) is 0 Å². The molecule has 0 aromatic carbocycles. The SMILES string of the molecule is CC(=O)NC1CC(O)[C@@H](O)C(CO)O[C@H]1OCCOCCOCNCOCCOCCO[C@@H]1OC(CO)[C@H](O)C(O)C1NC(C)=O. The molecule has 9 N–H and O–H groups in total. The van der Waals surface area contributed by atoms with Gasteiger partial charge in [-0.2, -0.15) is 0 Å². The van der Waals surface area contributed by atoms with Crippen LogP contribution in [0.5, 0.6) is 0 Å². The van der Waals surface area contributed by atoms with Crippen LogP contribution in [-0.4, -0.2) is 183 Å². The molecule has 6 unspecified atom stereocenters. The zero-order valence-corrected chi connectivity index (χ0v) is 26.2. The van der Waals surface area contributed by atoms with Gasteiger partial charge in [0.15, 0.2) is 12.6 Å². The molecule has 0 aromatic heterocycles. The third-order valence-electron chi connectivity index (χ3n) is 6.90. The van der Waals surface area contributed by atoms with Gasteiger partial charge >= 0.3 is 0 Å². The number of ether oxygens (including phenoxy) is 8. The summed E-state index contributed by atoms with van der Waals surface area (Å²) in [6.07, 6.45) is -9.52. The predicted molar refractivity (Wildman–Crippen MR) is 154 cm³/mol. The number of hydrogen-bond acceptors (Lipinski definition) is 17. The van der Waals surface area contributed by atoms with Crippen LogP contribution in [0.4, 0.5) is 0 Å². The van der Waals surface area contributed by atoms with Crippen molar-refractivity contribution in [1.29, 1.82) is 0 Å². The number of aliphatic hydroxyl groups is 6. The van der Waals surface area contributed by atoms with Gasteiger partial charge in [-0.25, -0.2) is 0 Å². The van der Waals surface area contributed by atoms with Gasteiger partial charge in [-0.3, -0.25) is 14.9 Å². The molecule has 0 spiro atoms. The monoisotopic (exact) mass is 673 g/mol. The predicted octanol–water partition coefficient (Wildman–Crippen LogP) is -5.13. The molecule has 19 nitrogen and oxygen atoms in total. The van der Waals surface area contributed by atoms with E-state index in [1.165, 1.54) is 13.8 Å². The molecule has 10 atom stereocenters. The summed E-state index contributed by atoms with van der Waals surface area (Å²) < 4.78 is 43.9. The molecule has 0 aromatic rings. The standard InChI is InChI=1S/C27H51N3O16/c1-16(33)29-18-11-19(35)23(36)20(12-31)45-26(18)43-9-7-39-3-5-41-14-28-15-42-6-4-40-8-10-44-27-22(30-17(2)34)25(38)24(37)21(13-32)46-27/h18-28,31-32,35-38H,3-15H2,1-2H3,(H,29,33)(H,30,34)/t18?,19?,20?,21?,22?,23-,24+,25?,26-,27-/m1/s1. The van der Waals surface area contributed by atoms with Gasteiger partial charge in [0.05, 0.1) is 91.7 Å².